The number of benzene rings is 2. The van der Waals surface area contributed by atoms with Gasteiger partial charge in [-0.3, -0.25) is 4.79 Å². The average molecular weight is 356 g/mol. The van der Waals surface area contributed by atoms with E-state index >= 15 is 0 Å². The van der Waals surface area contributed by atoms with E-state index in [4.69, 9.17) is 4.74 Å². The topological polar surface area (TPSA) is 99.1 Å². The second-order valence-electron chi connectivity index (χ2n) is 5.48. The molecule has 2 aromatic carbocycles. The van der Waals surface area contributed by atoms with Gasteiger partial charge in [-0.2, -0.15) is 0 Å². The highest BCUT2D eigenvalue weighted by Gasteiger charge is 2.09. The van der Waals surface area contributed by atoms with Crippen molar-refractivity contribution >= 4 is 23.8 Å². The van der Waals surface area contributed by atoms with Crippen LogP contribution in [-0.2, 0) is 4.79 Å². The number of nitrogens with one attached hydrogen (secondary N) is 1. The van der Waals surface area contributed by atoms with Crippen LogP contribution in [0.1, 0.15) is 12.5 Å². The molecule has 0 saturated carbocycles. The Morgan fingerprint density at radius 3 is 2.62 bits per heavy atom. The third kappa shape index (κ3) is 5.27. The molecule has 7 heteroatoms. The van der Waals surface area contributed by atoms with Gasteiger partial charge in [0.2, 0.25) is 5.91 Å². The minimum Gasteiger partial charge on any atom is -0.504 e. The van der Waals surface area contributed by atoms with Crippen LogP contribution in [0.3, 0.4) is 0 Å². The molecule has 0 aliphatic carbocycles. The molecule has 0 aliphatic heterocycles. The lowest BCUT2D eigenvalue weighted by atomic mass is 10.2. The number of nitrogens with zero attached hydrogens (tertiary/aromatic N) is 1. The van der Waals surface area contributed by atoms with Crippen molar-refractivity contribution in [2.45, 2.75) is 6.92 Å². The van der Waals surface area contributed by atoms with Crippen LogP contribution in [0.2, 0.25) is 0 Å². The molecule has 0 unspecified atom stereocenters. The Bertz CT molecular complexity index is 832. The van der Waals surface area contributed by atoms with Crippen molar-refractivity contribution in [3.63, 3.8) is 0 Å². The molecule has 0 aliphatic rings. The fourth-order valence-electron chi connectivity index (χ4n) is 1.95. The number of carbonyl (C=O) groups is 2. The van der Waals surface area contributed by atoms with Crippen molar-refractivity contribution in [1.29, 1.82) is 0 Å². The van der Waals surface area contributed by atoms with E-state index in [2.05, 4.69) is 5.32 Å². The fourth-order valence-corrected chi connectivity index (χ4v) is 1.95. The minimum absolute atomic E-state index is 0.230. The van der Waals surface area contributed by atoms with Gasteiger partial charge in [0.1, 0.15) is 5.75 Å². The molecule has 0 spiro atoms. The first-order valence-electron chi connectivity index (χ1n) is 7.93. The second kappa shape index (κ2) is 8.57. The van der Waals surface area contributed by atoms with E-state index in [0.29, 0.717) is 23.5 Å². The SMILES string of the molecule is CCN(C)C(=O)Oc1cccc(NC(=O)/C=C/c2ccc(O)c(O)c2)c1. The number of phenolic OH excluding ortho intramolecular Hbond substituents is 2. The summed E-state index contributed by atoms with van der Waals surface area (Å²) in [5, 5.41) is 21.3. The lowest BCUT2D eigenvalue weighted by molar-refractivity contribution is -0.111. The number of rotatable bonds is 5. The van der Waals surface area contributed by atoms with Crippen LogP contribution in [0.25, 0.3) is 6.08 Å². The van der Waals surface area contributed by atoms with Crippen LogP contribution in [-0.4, -0.2) is 40.7 Å². The van der Waals surface area contributed by atoms with Crippen LogP contribution >= 0.6 is 0 Å². The van der Waals surface area contributed by atoms with Crippen LogP contribution < -0.4 is 10.1 Å². The van der Waals surface area contributed by atoms with Crippen molar-refractivity contribution in [2.75, 3.05) is 18.9 Å². The van der Waals surface area contributed by atoms with Gasteiger partial charge in [0.05, 0.1) is 0 Å². The molecule has 2 amide bonds. The molecular formula is C19H20N2O5. The second-order valence-corrected chi connectivity index (χ2v) is 5.48. The molecule has 26 heavy (non-hydrogen) atoms. The van der Waals surface area contributed by atoms with Gasteiger partial charge in [-0.1, -0.05) is 12.1 Å². The van der Waals surface area contributed by atoms with Gasteiger partial charge in [-0.05, 0) is 42.8 Å². The van der Waals surface area contributed by atoms with E-state index in [0.717, 1.165) is 0 Å². The normalized spacial score (nSPS) is 10.5. The zero-order valence-electron chi connectivity index (χ0n) is 14.5. The van der Waals surface area contributed by atoms with Crippen molar-refractivity contribution in [2.24, 2.45) is 0 Å². The zero-order valence-corrected chi connectivity index (χ0v) is 14.5. The first kappa shape index (κ1) is 18.9. The summed E-state index contributed by atoms with van der Waals surface area (Å²) in [7, 11) is 1.62. The van der Waals surface area contributed by atoms with E-state index in [-0.39, 0.29) is 11.5 Å². The molecule has 0 radical (unpaired) electrons. The Hall–Kier alpha value is -3.48. The van der Waals surface area contributed by atoms with Crippen molar-refractivity contribution in [3.05, 3.63) is 54.1 Å². The van der Waals surface area contributed by atoms with Crippen molar-refractivity contribution in [3.8, 4) is 17.2 Å². The molecule has 2 rings (SSSR count). The van der Waals surface area contributed by atoms with E-state index in [1.165, 1.54) is 29.2 Å². The first-order valence-corrected chi connectivity index (χ1v) is 7.93. The minimum atomic E-state index is -0.483. The summed E-state index contributed by atoms with van der Waals surface area (Å²) >= 11 is 0. The molecule has 2 aromatic rings. The molecular weight excluding hydrogens is 336 g/mol. The van der Waals surface area contributed by atoms with Crippen LogP contribution in [0.15, 0.2) is 48.5 Å². The van der Waals surface area contributed by atoms with Gasteiger partial charge in [0.25, 0.3) is 0 Å². The van der Waals surface area contributed by atoms with Gasteiger partial charge >= 0.3 is 6.09 Å². The molecule has 136 valence electrons. The number of carbonyl (C=O) groups excluding carboxylic acids is 2. The Kier molecular flexibility index (Phi) is 6.21. The average Bonchev–Trinajstić information content (AvgIpc) is 2.62. The molecule has 3 N–H and O–H groups in total. The maximum absolute atomic E-state index is 12.0. The predicted octanol–water partition coefficient (Wildman–Crippen LogP) is 3.20. The standard InChI is InChI=1S/C19H20N2O5/c1-3-21(2)19(25)26-15-6-4-5-14(12-15)20-18(24)10-8-13-7-9-16(22)17(23)11-13/h4-12,22-23H,3H2,1-2H3,(H,20,24)/b10-8+. The lowest BCUT2D eigenvalue weighted by Crippen LogP contribution is -2.29. The van der Waals surface area contributed by atoms with Crippen LogP contribution in [0, 0.1) is 0 Å². The summed E-state index contributed by atoms with van der Waals surface area (Å²) in [5.74, 6) is -0.571. The maximum Gasteiger partial charge on any atom is 0.414 e. The largest absolute Gasteiger partial charge is 0.504 e. The Morgan fingerprint density at radius 1 is 1.15 bits per heavy atom. The highest BCUT2D eigenvalue weighted by molar-refractivity contribution is 6.02. The number of anilines is 1. The summed E-state index contributed by atoms with van der Waals surface area (Å²) in [5.41, 5.74) is 1.03. The van der Waals surface area contributed by atoms with Gasteiger partial charge < -0.3 is 25.2 Å². The molecule has 0 heterocycles. The number of amides is 2. The monoisotopic (exact) mass is 356 g/mol. The summed E-state index contributed by atoms with van der Waals surface area (Å²) < 4.78 is 5.21. The maximum atomic E-state index is 12.0. The van der Waals surface area contributed by atoms with E-state index < -0.39 is 12.0 Å². The highest BCUT2D eigenvalue weighted by atomic mass is 16.6. The summed E-state index contributed by atoms with van der Waals surface area (Å²) in [4.78, 5) is 25.2. The molecule has 0 bridgehead atoms. The quantitative estimate of drug-likeness (QED) is 0.564. The summed E-state index contributed by atoms with van der Waals surface area (Å²) in [6.45, 7) is 2.35. The van der Waals surface area contributed by atoms with Gasteiger partial charge in [0, 0.05) is 31.4 Å². The summed E-state index contributed by atoms with van der Waals surface area (Å²) in [6.07, 6.45) is 2.30. The number of phenols is 2. The first-order chi connectivity index (χ1) is 12.4. The highest BCUT2D eigenvalue weighted by Crippen LogP contribution is 2.25. The van der Waals surface area contributed by atoms with Gasteiger partial charge in [-0.15, -0.1) is 0 Å². The fraction of sp³-hybridized carbons (Fsp3) is 0.158. The van der Waals surface area contributed by atoms with Crippen molar-refractivity contribution in [1.82, 2.24) is 4.90 Å². The smallest absolute Gasteiger partial charge is 0.414 e. The number of hydrogen-bond donors (Lipinski definition) is 3. The number of hydrogen-bond acceptors (Lipinski definition) is 5. The Labute approximate surface area is 151 Å². The van der Waals surface area contributed by atoms with Gasteiger partial charge in [0.15, 0.2) is 11.5 Å². The number of ether oxygens (including phenoxy) is 1. The summed E-state index contributed by atoms with van der Waals surface area (Å²) in [6, 6.07) is 10.7. The number of aromatic hydroxyl groups is 2. The molecule has 7 nitrogen and oxygen atoms in total. The van der Waals surface area contributed by atoms with Crippen LogP contribution in [0.4, 0.5) is 10.5 Å². The molecule has 0 fully saturated rings. The third-order valence-electron chi connectivity index (χ3n) is 3.52. The molecule has 0 saturated heterocycles. The van der Waals surface area contributed by atoms with E-state index in [1.807, 2.05) is 6.92 Å². The Balaban J connectivity index is 2.00. The van der Waals surface area contributed by atoms with E-state index in [9.17, 15) is 19.8 Å². The zero-order chi connectivity index (χ0) is 19.1. The Morgan fingerprint density at radius 2 is 1.92 bits per heavy atom. The van der Waals surface area contributed by atoms with Crippen molar-refractivity contribution < 1.29 is 24.5 Å². The van der Waals surface area contributed by atoms with Crippen LogP contribution in [0.5, 0.6) is 17.2 Å². The predicted molar refractivity (Wildman–Crippen MR) is 98.2 cm³/mol. The molecule has 0 aromatic heterocycles. The van der Waals surface area contributed by atoms with Gasteiger partial charge in [-0.25, -0.2) is 4.79 Å². The van der Waals surface area contributed by atoms with E-state index in [1.54, 1.807) is 37.4 Å². The third-order valence-corrected chi connectivity index (χ3v) is 3.52. The lowest BCUT2D eigenvalue weighted by Gasteiger charge is -2.14. The molecule has 0 atom stereocenters.